The van der Waals surface area contributed by atoms with Gasteiger partial charge in [0.05, 0.1) is 0 Å². The summed E-state index contributed by atoms with van der Waals surface area (Å²) in [6.07, 6.45) is 7.90. The molecule has 28 heavy (non-hydrogen) atoms. The number of halogens is 1. The van der Waals surface area contributed by atoms with Crippen molar-refractivity contribution in [3.8, 4) is 10.4 Å². The fourth-order valence-electron chi connectivity index (χ4n) is 3.18. The van der Waals surface area contributed by atoms with Gasteiger partial charge in [-0.3, -0.25) is 9.59 Å². The van der Waals surface area contributed by atoms with Gasteiger partial charge in [0, 0.05) is 41.9 Å². The molecule has 2 amide bonds. The van der Waals surface area contributed by atoms with Crippen molar-refractivity contribution in [3.63, 3.8) is 0 Å². The average Bonchev–Trinajstić information content (AvgIpc) is 3.07. The minimum Gasteiger partial charge on any atom is -0.352 e. The van der Waals surface area contributed by atoms with Gasteiger partial charge in [0.1, 0.15) is 5.82 Å². The molecule has 0 bridgehead atoms. The molecule has 1 aliphatic rings. The van der Waals surface area contributed by atoms with E-state index in [1.807, 2.05) is 17.0 Å². The molecule has 2 aromatic rings. The average molecular weight is 401 g/mol. The van der Waals surface area contributed by atoms with E-state index in [1.54, 1.807) is 29.5 Å². The van der Waals surface area contributed by atoms with Gasteiger partial charge in [-0.15, -0.1) is 11.3 Å². The quantitative estimate of drug-likeness (QED) is 0.550. The van der Waals surface area contributed by atoms with E-state index in [9.17, 15) is 14.0 Å². The van der Waals surface area contributed by atoms with Crippen LogP contribution in [0.2, 0.25) is 0 Å². The molecule has 0 unspecified atom stereocenters. The lowest BCUT2D eigenvalue weighted by Crippen LogP contribution is -2.33. The van der Waals surface area contributed by atoms with Crippen LogP contribution in [0.4, 0.5) is 4.39 Å². The van der Waals surface area contributed by atoms with Gasteiger partial charge in [-0.25, -0.2) is 4.39 Å². The molecule has 4 nitrogen and oxygen atoms in total. The van der Waals surface area contributed by atoms with E-state index in [1.165, 1.54) is 18.2 Å². The van der Waals surface area contributed by atoms with Gasteiger partial charge in [-0.2, -0.15) is 0 Å². The molecule has 1 saturated heterocycles. The van der Waals surface area contributed by atoms with Gasteiger partial charge in [-0.1, -0.05) is 18.6 Å². The van der Waals surface area contributed by atoms with Gasteiger partial charge in [0.25, 0.3) is 0 Å². The van der Waals surface area contributed by atoms with Crippen molar-refractivity contribution >= 4 is 29.2 Å². The molecular weight excluding hydrogens is 375 g/mol. The number of likely N-dealkylation sites (tertiary alicyclic amines) is 1. The highest BCUT2D eigenvalue weighted by atomic mass is 32.1. The van der Waals surface area contributed by atoms with E-state index >= 15 is 0 Å². The summed E-state index contributed by atoms with van der Waals surface area (Å²) in [5.74, 6) is -0.158. The number of thiophene rings is 1. The van der Waals surface area contributed by atoms with Crippen molar-refractivity contribution in [2.45, 2.75) is 32.1 Å². The SMILES string of the molecule is O=C(C=Cc1ccc(-c2ccc(F)cc2)s1)NCCCN1CCCCCC1=O. The van der Waals surface area contributed by atoms with Gasteiger partial charge in [-0.05, 0) is 55.2 Å². The molecule has 0 spiro atoms. The van der Waals surface area contributed by atoms with Gasteiger partial charge in [0.15, 0.2) is 0 Å². The van der Waals surface area contributed by atoms with Crippen LogP contribution in [-0.2, 0) is 9.59 Å². The fraction of sp³-hybridized carbons (Fsp3) is 0.364. The molecular formula is C22H25FN2O2S. The first-order valence-electron chi connectivity index (χ1n) is 9.71. The second kappa shape index (κ2) is 10.2. The Morgan fingerprint density at radius 2 is 1.96 bits per heavy atom. The summed E-state index contributed by atoms with van der Waals surface area (Å²) in [5, 5.41) is 2.87. The van der Waals surface area contributed by atoms with Crippen LogP contribution in [0.25, 0.3) is 16.5 Å². The molecule has 1 N–H and O–H groups in total. The minimum absolute atomic E-state index is 0.140. The number of carbonyl (C=O) groups is 2. The Morgan fingerprint density at radius 3 is 2.79 bits per heavy atom. The Balaban J connectivity index is 1.41. The highest BCUT2D eigenvalue weighted by molar-refractivity contribution is 7.16. The molecule has 1 fully saturated rings. The van der Waals surface area contributed by atoms with Crippen molar-refractivity contribution in [1.82, 2.24) is 10.2 Å². The molecule has 1 aromatic carbocycles. The van der Waals surface area contributed by atoms with Crippen molar-refractivity contribution in [3.05, 3.63) is 53.2 Å². The lowest BCUT2D eigenvalue weighted by Gasteiger charge is -2.20. The first-order valence-corrected chi connectivity index (χ1v) is 10.5. The lowest BCUT2D eigenvalue weighted by atomic mass is 10.2. The summed E-state index contributed by atoms with van der Waals surface area (Å²) in [6.45, 7) is 2.09. The van der Waals surface area contributed by atoms with E-state index in [-0.39, 0.29) is 17.6 Å². The van der Waals surface area contributed by atoms with Gasteiger partial charge in [0.2, 0.25) is 11.8 Å². The van der Waals surface area contributed by atoms with E-state index in [0.717, 1.165) is 47.5 Å². The predicted molar refractivity (Wildman–Crippen MR) is 111 cm³/mol. The normalized spacial score (nSPS) is 15.0. The first-order chi connectivity index (χ1) is 13.6. The Bertz CT molecular complexity index is 829. The molecule has 1 aromatic heterocycles. The number of nitrogens with zero attached hydrogens (tertiary/aromatic N) is 1. The topological polar surface area (TPSA) is 49.4 Å². The second-order valence-corrected chi connectivity index (χ2v) is 7.99. The third kappa shape index (κ3) is 6.02. The summed E-state index contributed by atoms with van der Waals surface area (Å²) in [6, 6.07) is 10.3. The number of amides is 2. The number of hydrogen-bond donors (Lipinski definition) is 1. The van der Waals surface area contributed by atoms with Crippen LogP contribution in [0.1, 0.15) is 37.0 Å². The molecule has 0 saturated carbocycles. The number of hydrogen-bond acceptors (Lipinski definition) is 3. The number of rotatable bonds is 7. The highest BCUT2D eigenvalue weighted by Crippen LogP contribution is 2.28. The van der Waals surface area contributed by atoms with Crippen molar-refractivity contribution in [2.75, 3.05) is 19.6 Å². The molecule has 0 radical (unpaired) electrons. The lowest BCUT2D eigenvalue weighted by molar-refractivity contribution is -0.130. The first kappa shape index (κ1) is 20.3. The maximum Gasteiger partial charge on any atom is 0.244 e. The second-order valence-electron chi connectivity index (χ2n) is 6.88. The zero-order valence-corrected chi connectivity index (χ0v) is 16.6. The number of benzene rings is 1. The minimum atomic E-state index is -0.252. The maximum absolute atomic E-state index is 13.0. The Kier molecular flexibility index (Phi) is 7.37. The van der Waals surface area contributed by atoms with Crippen LogP contribution >= 0.6 is 11.3 Å². The third-order valence-corrected chi connectivity index (χ3v) is 5.83. The molecule has 1 aliphatic heterocycles. The zero-order valence-electron chi connectivity index (χ0n) is 15.8. The zero-order chi connectivity index (χ0) is 19.8. The van der Waals surface area contributed by atoms with Crippen LogP contribution in [-0.4, -0.2) is 36.3 Å². The van der Waals surface area contributed by atoms with Gasteiger partial charge < -0.3 is 10.2 Å². The maximum atomic E-state index is 13.0. The van der Waals surface area contributed by atoms with Crippen LogP contribution in [0.5, 0.6) is 0 Å². The highest BCUT2D eigenvalue weighted by Gasteiger charge is 2.15. The molecule has 148 valence electrons. The Labute approximate surface area is 169 Å². The molecule has 3 rings (SSSR count). The number of nitrogens with one attached hydrogen (secondary N) is 1. The van der Waals surface area contributed by atoms with E-state index < -0.39 is 0 Å². The largest absolute Gasteiger partial charge is 0.352 e. The summed E-state index contributed by atoms with van der Waals surface area (Å²) >= 11 is 1.55. The van der Waals surface area contributed by atoms with Crippen molar-refractivity contribution in [1.29, 1.82) is 0 Å². The smallest absolute Gasteiger partial charge is 0.244 e. The summed E-state index contributed by atoms with van der Waals surface area (Å²) in [7, 11) is 0. The summed E-state index contributed by atoms with van der Waals surface area (Å²) in [4.78, 5) is 27.8. The third-order valence-electron chi connectivity index (χ3n) is 4.73. The van der Waals surface area contributed by atoms with Crippen LogP contribution in [0.15, 0.2) is 42.5 Å². The summed E-state index contributed by atoms with van der Waals surface area (Å²) < 4.78 is 13.0. The molecule has 6 heteroatoms. The van der Waals surface area contributed by atoms with Crippen LogP contribution in [0, 0.1) is 5.82 Å². The molecule has 0 aliphatic carbocycles. The standard InChI is InChI=1S/C22H25FN2O2S/c23-18-8-6-17(7-9-18)20-12-10-19(28-20)11-13-21(26)24-14-4-16-25-15-3-1-2-5-22(25)27/h6-13H,1-5,14-16H2,(H,24,26). The van der Waals surface area contributed by atoms with E-state index in [4.69, 9.17) is 0 Å². The monoisotopic (exact) mass is 400 g/mol. The van der Waals surface area contributed by atoms with Gasteiger partial charge >= 0.3 is 0 Å². The molecule has 2 heterocycles. The van der Waals surface area contributed by atoms with Crippen LogP contribution in [0.3, 0.4) is 0 Å². The van der Waals surface area contributed by atoms with E-state index in [0.29, 0.717) is 19.5 Å². The predicted octanol–water partition coefficient (Wildman–Crippen LogP) is 4.48. The Hall–Kier alpha value is -2.47. The fourth-order valence-corrected chi connectivity index (χ4v) is 4.10. The van der Waals surface area contributed by atoms with Crippen molar-refractivity contribution < 1.29 is 14.0 Å². The molecule has 0 atom stereocenters. The van der Waals surface area contributed by atoms with E-state index in [2.05, 4.69) is 5.32 Å². The summed E-state index contributed by atoms with van der Waals surface area (Å²) in [5.41, 5.74) is 0.957. The number of carbonyl (C=O) groups excluding carboxylic acids is 2. The van der Waals surface area contributed by atoms with Crippen LogP contribution < -0.4 is 5.32 Å². The van der Waals surface area contributed by atoms with Crippen molar-refractivity contribution in [2.24, 2.45) is 0 Å². The Morgan fingerprint density at radius 1 is 1.14 bits per heavy atom.